The van der Waals surface area contributed by atoms with Gasteiger partial charge in [0.1, 0.15) is 6.04 Å². The minimum atomic E-state index is -0.217. The van der Waals surface area contributed by atoms with Crippen molar-refractivity contribution in [3.63, 3.8) is 0 Å². The number of nitrogens with one attached hydrogen (secondary N) is 1. The molecule has 0 spiro atoms. The average molecular weight is 324 g/mol. The van der Waals surface area contributed by atoms with Gasteiger partial charge in [-0.15, -0.1) is 0 Å². The third-order valence-electron chi connectivity index (χ3n) is 5.07. The number of carbonyl (C=O) groups excluding carboxylic acids is 1. The Balaban J connectivity index is 1.64. The zero-order valence-corrected chi connectivity index (χ0v) is 14.3. The molecule has 1 atom stereocenters. The Hall–Kier alpha value is -2.14. The van der Waals surface area contributed by atoms with E-state index in [4.69, 9.17) is 0 Å². The molecular weight excluding hydrogens is 300 g/mol. The van der Waals surface area contributed by atoms with Gasteiger partial charge in [0, 0.05) is 43.9 Å². The smallest absolute Gasteiger partial charge is 0.242 e. The summed E-state index contributed by atoms with van der Waals surface area (Å²) >= 11 is 0. The van der Waals surface area contributed by atoms with Crippen LogP contribution in [0.5, 0.6) is 0 Å². The minimum Gasteiger partial charge on any atom is -0.353 e. The molecule has 0 bridgehead atoms. The van der Waals surface area contributed by atoms with Crippen molar-refractivity contribution in [1.82, 2.24) is 20.0 Å². The summed E-state index contributed by atoms with van der Waals surface area (Å²) in [5.74, 6) is 0.757. The largest absolute Gasteiger partial charge is 0.353 e. The third kappa shape index (κ3) is 2.84. The predicted molar refractivity (Wildman–Crippen MR) is 92.5 cm³/mol. The lowest BCUT2D eigenvalue weighted by Crippen LogP contribution is -2.49. The Morgan fingerprint density at radius 2 is 2.17 bits per heavy atom. The first-order chi connectivity index (χ1) is 11.6. The molecule has 5 heteroatoms. The number of hydrogen-bond donors (Lipinski definition) is 1. The van der Waals surface area contributed by atoms with Crippen LogP contribution in [0.1, 0.15) is 47.2 Å². The molecule has 1 N–H and O–H groups in total. The molecule has 1 aromatic heterocycles. The van der Waals surface area contributed by atoms with Crippen LogP contribution in [0.15, 0.2) is 30.5 Å². The van der Waals surface area contributed by atoms with Gasteiger partial charge in [-0.25, -0.2) is 0 Å². The van der Waals surface area contributed by atoms with Crippen LogP contribution in [-0.4, -0.2) is 33.7 Å². The summed E-state index contributed by atoms with van der Waals surface area (Å²) in [6, 6.07) is 8.06. The molecule has 0 radical (unpaired) electrons. The van der Waals surface area contributed by atoms with Gasteiger partial charge >= 0.3 is 0 Å². The summed E-state index contributed by atoms with van der Waals surface area (Å²) in [4.78, 5) is 14.9. The normalized spacial score (nSPS) is 21.8. The van der Waals surface area contributed by atoms with Gasteiger partial charge in [-0.3, -0.25) is 14.4 Å². The average Bonchev–Trinajstić information content (AvgIpc) is 3.32. The zero-order chi connectivity index (χ0) is 16.7. The monoisotopic (exact) mass is 324 g/mol. The second-order valence-electron chi connectivity index (χ2n) is 7.03. The Morgan fingerprint density at radius 1 is 1.33 bits per heavy atom. The van der Waals surface area contributed by atoms with E-state index in [1.807, 2.05) is 24.0 Å². The molecule has 1 unspecified atom stereocenters. The van der Waals surface area contributed by atoms with E-state index in [-0.39, 0.29) is 11.9 Å². The van der Waals surface area contributed by atoms with E-state index in [0.717, 1.165) is 18.7 Å². The number of benzene rings is 1. The molecular formula is C19H24N4O. The van der Waals surface area contributed by atoms with Gasteiger partial charge < -0.3 is 5.32 Å². The van der Waals surface area contributed by atoms with Gasteiger partial charge in [0.05, 0.1) is 6.20 Å². The Bertz CT molecular complexity index is 762. The molecule has 1 saturated heterocycles. The molecule has 24 heavy (non-hydrogen) atoms. The Morgan fingerprint density at radius 3 is 2.92 bits per heavy atom. The quantitative estimate of drug-likeness (QED) is 0.939. The lowest BCUT2D eigenvalue weighted by atomic mass is 9.99. The van der Waals surface area contributed by atoms with E-state index >= 15 is 0 Å². The van der Waals surface area contributed by atoms with Crippen LogP contribution in [0.4, 0.5) is 0 Å². The number of piperazine rings is 1. The van der Waals surface area contributed by atoms with Crippen LogP contribution < -0.4 is 5.32 Å². The fraction of sp³-hybridized carbons (Fsp3) is 0.474. The summed E-state index contributed by atoms with van der Waals surface area (Å²) < 4.78 is 2.01. The van der Waals surface area contributed by atoms with Crippen LogP contribution in [0.2, 0.25) is 0 Å². The highest BCUT2D eigenvalue weighted by molar-refractivity contribution is 5.84. The number of rotatable bonds is 4. The fourth-order valence-corrected chi connectivity index (χ4v) is 3.80. The second kappa shape index (κ2) is 6.06. The second-order valence-corrected chi connectivity index (χ2v) is 7.03. The molecule has 1 aliphatic heterocycles. The van der Waals surface area contributed by atoms with Crippen molar-refractivity contribution in [3.05, 3.63) is 52.8 Å². The highest BCUT2D eigenvalue weighted by Crippen LogP contribution is 2.42. The lowest BCUT2D eigenvalue weighted by molar-refractivity contribution is -0.129. The molecule has 1 amide bonds. The molecule has 2 fully saturated rings. The summed E-state index contributed by atoms with van der Waals surface area (Å²) in [5, 5.41) is 7.48. The molecule has 126 valence electrons. The Kier molecular flexibility index (Phi) is 3.88. The van der Waals surface area contributed by atoms with Gasteiger partial charge in [-0.1, -0.05) is 29.8 Å². The maximum atomic E-state index is 12.6. The highest BCUT2D eigenvalue weighted by atomic mass is 16.2. The number of carbonyl (C=O) groups is 1. The van der Waals surface area contributed by atoms with Gasteiger partial charge in [-0.05, 0) is 25.3 Å². The van der Waals surface area contributed by atoms with Gasteiger partial charge in [0.2, 0.25) is 5.91 Å². The SMILES string of the molecule is Cc1cccc(C2C(=O)NCCN2Cc2cnn(C)c2C2CC2)c1. The van der Waals surface area contributed by atoms with Crippen molar-refractivity contribution in [3.8, 4) is 0 Å². The van der Waals surface area contributed by atoms with Crippen molar-refractivity contribution in [2.75, 3.05) is 13.1 Å². The molecule has 2 aliphatic rings. The van der Waals surface area contributed by atoms with E-state index in [2.05, 4.69) is 40.4 Å². The first kappa shape index (κ1) is 15.4. The van der Waals surface area contributed by atoms with Gasteiger partial charge in [0.15, 0.2) is 0 Å². The summed E-state index contributed by atoms with van der Waals surface area (Å²) in [5.41, 5.74) is 4.88. The minimum absolute atomic E-state index is 0.101. The molecule has 1 saturated carbocycles. The van der Waals surface area contributed by atoms with Crippen LogP contribution in [0.25, 0.3) is 0 Å². The first-order valence-electron chi connectivity index (χ1n) is 8.72. The summed E-state index contributed by atoms with van der Waals surface area (Å²) in [6.07, 6.45) is 4.50. The maximum absolute atomic E-state index is 12.6. The standard InChI is InChI=1S/C19H24N4O/c1-13-4-3-5-15(10-13)18-19(24)20-8-9-23(18)12-16-11-21-22(2)17(16)14-6-7-14/h3-5,10-11,14,18H,6-9,12H2,1-2H3,(H,20,24). The third-order valence-corrected chi connectivity index (χ3v) is 5.07. The van der Waals surface area contributed by atoms with E-state index < -0.39 is 0 Å². The molecule has 4 rings (SSSR count). The van der Waals surface area contributed by atoms with E-state index in [1.165, 1.54) is 29.7 Å². The van der Waals surface area contributed by atoms with Crippen LogP contribution in [0.3, 0.4) is 0 Å². The van der Waals surface area contributed by atoms with Crippen LogP contribution >= 0.6 is 0 Å². The zero-order valence-electron chi connectivity index (χ0n) is 14.3. The Labute approximate surface area is 142 Å². The van der Waals surface area contributed by atoms with Crippen molar-refractivity contribution in [2.24, 2.45) is 7.05 Å². The summed E-state index contributed by atoms with van der Waals surface area (Å²) in [7, 11) is 2.03. The number of aryl methyl sites for hydroxylation is 2. The number of aromatic nitrogens is 2. The van der Waals surface area contributed by atoms with Crippen molar-refractivity contribution in [1.29, 1.82) is 0 Å². The number of hydrogen-bond acceptors (Lipinski definition) is 3. The van der Waals surface area contributed by atoms with E-state index in [1.54, 1.807) is 0 Å². The van der Waals surface area contributed by atoms with Crippen LogP contribution in [0, 0.1) is 6.92 Å². The van der Waals surface area contributed by atoms with Gasteiger partial charge in [0.25, 0.3) is 0 Å². The van der Waals surface area contributed by atoms with Crippen molar-refractivity contribution < 1.29 is 4.79 Å². The molecule has 2 heterocycles. The molecule has 5 nitrogen and oxygen atoms in total. The highest BCUT2D eigenvalue weighted by Gasteiger charge is 2.34. The number of amides is 1. The summed E-state index contributed by atoms with van der Waals surface area (Å²) in [6.45, 7) is 4.43. The molecule has 1 aliphatic carbocycles. The maximum Gasteiger partial charge on any atom is 0.242 e. The lowest BCUT2D eigenvalue weighted by Gasteiger charge is -2.35. The van der Waals surface area contributed by atoms with Crippen LogP contribution in [-0.2, 0) is 18.4 Å². The molecule has 2 aromatic rings. The van der Waals surface area contributed by atoms with Crippen molar-refractivity contribution >= 4 is 5.91 Å². The number of nitrogens with zero attached hydrogens (tertiary/aromatic N) is 3. The van der Waals surface area contributed by atoms with Crippen molar-refractivity contribution in [2.45, 2.75) is 38.3 Å². The first-order valence-corrected chi connectivity index (χ1v) is 8.72. The van der Waals surface area contributed by atoms with E-state index in [0.29, 0.717) is 12.5 Å². The predicted octanol–water partition coefficient (Wildman–Crippen LogP) is 2.28. The van der Waals surface area contributed by atoms with Gasteiger partial charge in [-0.2, -0.15) is 5.10 Å². The fourth-order valence-electron chi connectivity index (χ4n) is 3.80. The topological polar surface area (TPSA) is 50.2 Å². The molecule has 1 aromatic carbocycles. The van der Waals surface area contributed by atoms with E-state index in [9.17, 15) is 4.79 Å².